The Morgan fingerprint density at radius 3 is 2.53 bits per heavy atom. The van der Waals surface area contributed by atoms with Gasteiger partial charge in [-0.25, -0.2) is 0 Å². The number of aryl methyl sites for hydroxylation is 2. The Balaban J connectivity index is 2.71. The third kappa shape index (κ3) is 4.88. The van der Waals surface area contributed by atoms with Crippen molar-refractivity contribution < 1.29 is 5.11 Å². The van der Waals surface area contributed by atoms with E-state index in [2.05, 4.69) is 43.9 Å². The van der Waals surface area contributed by atoms with Crippen molar-refractivity contribution in [2.45, 2.75) is 46.8 Å². The number of nitrogens with zero attached hydrogens (tertiary/aromatic N) is 1. The molecule has 1 unspecified atom stereocenters. The van der Waals surface area contributed by atoms with Crippen LogP contribution in [0.25, 0.3) is 0 Å². The molecule has 96 valence electrons. The molecule has 0 aromatic heterocycles. The summed E-state index contributed by atoms with van der Waals surface area (Å²) in [5, 5.41) is 9.50. The number of aliphatic hydroxyl groups is 1. The minimum Gasteiger partial charge on any atom is -0.392 e. The fourth-order valence-corrected chi connectivity index (χ4v) is 2.19. The first kappa shape index (κ1) is 14.2. The summed E-state index contributed by atoms with van der Waals surface area (Å²) in [7, 11) is 0. The van der Waals surface area contributed by atoms with Gasteiger partial charge in [-0.2, -0.15) is 0 Å². The highest BCUT2D eigenvalue weighted by Crippen LogP contribution is 2.13. The molecule has 17 heavy (non-hydrogen) atoms. The molecule has 0 amide bonds. The van der Waals surface area contributed by atoms with Gasteiger partial charge in [-0.05, 0) is 44.9 Å². The van der Waals surface area contributed by atoms with E-state index in [0.29, 0.717) is 0 Å². The molecule has 1 aromatic rings. The van der Waals surface area contributed by atoms with Crippen molar-refractivity contribution in [1.29, 1.82) is 0 Å². The zero-order valence-corrected chi connectivity index (χ0v) is 11.5. The molecule has 0 radical (unpaired) electrons. The number of hydrogen-bond acceptors (Lipinski definition) is 2. The first-order valence-electron chi connectivity index (χ1n) is 6.49. The molecule has 0 spiro atoms. The number of benzene rings is 1. The fourth-order valence-electron chi connectivity index (χ4n) is 2.19. The Labute approximate surface area is 105 Å². The van der Waals surface area contributed by atoms with Crippen molar-refractivity contribution in [3.8, 4) is 0 Å². The van der Waals surface area contributed by atoms with Gasteiger partial charge in [0.05, 0.1) is 6.10 Å². The quantitative estimate of drug-likeness (QED) is 0.819. The summed E-state index contributed by atoms with van der Waals surface area (Å²) in [5.41, 5.74) is 4.02. The van der Waals surface area contributed by atoms with Crippen LogP contribution >= 0.6 is 0 Å². The maximum atomic E-state index is 9.50. The van der Waals surface area contributed by atoms with Crippen LogP contribution < -0.4 is 0 Å². The highest BCUT2D eigenvalue weighted by Gasteiger charge is 2.09. The highest BCUT2D eigenvalue weighted by molar-refractivity contribution is 5.30. The molecule has 0 fully saturated rings. The second kappa shape index (κ2) is 6.77. The van der Waals surface area contributed by atoms with Crippen LogP contribution in [0.1, 0.15) is 37.0 Å². The van der Waals surface area contributed by atoms with Crippen molar-refractivity contribution in [2.75, 3.05) is 13.1 Å². The Bertz CT molecular complexity index is 347. The molecule has 1 atom stereocenters. The predicted molar refractivity (Wildman–Crippen MR) is 73.2 cm³/mol. The topological polar surface area (TPSA) is 23.5 Å². The van der Waals surface area contributed by atoms with E-state index < -0.39 is 0 Å². The number of aliphatic hydroxyl groups excluding tert-OH is 1. The van der Waals surface area contributed by atoms with Crippen molar-refractivity contribution in [3.05, 3.63) is 34.9 Å². The molecule has 0 heterocycles. The molecule has 2 nitrogen and oxygen atoms in total. The van der Waals surface area contributed by atoms with Gasteiger partial charge in [-0.3, -0.25) is 4.90 Å². The lowest BCUT2D eigenvalue weighted by Gasteiger charge is -2.24. The van der Waals surface area contributed by atoms with Gasteiger partial charge < -0.3 is 5.11 Å². The maximum absolute atomic E-state index is 9.50. The Morgan fingerprint density at radius 1 is 1.29 bits per heavy atom. The smallest absolute Gasteiger partial charge is 0.0639 e. The third-order valence-corrected chi connectivity index (χ3v) is 2.95. The molecule has 0 aliphatic carbocycles. The standard InChI is InChI=1S/C15H25NO/c1-5-8-16(10-14(4)17)11-15-7-6-12(2)9-13(15)3/h6-7,9,14,17H,5,8,10-11H2,1-4H3. The lowest BCUT2D eigenvalue weighted by molar-refractivity contribution is 0.122. The number of hydrogen-bond donors (Lipinski definition) is 1. The van der Waals surface area contributed by atoms with Gasteiger partial charge in [0.2, 0.25) is 0 Å². The van der Waals surface area contributed by atoms with Gasteiger partial charge >= 0.3 is 0 Å². The molecule has 1 rings (SSSR count). The van der Waals surface area contributed by atoms with E-state index in [9.17, 15) is 5.11 Å². The summed E-state index contributed by atoms with van der Waals surface area (Å²) >= 11 is 0. The summed E-state index contributed by atoms with van der Waals surface area (Å²) in [4.78, 5) is 2.32. The summed E-state index contributed by atoms with van der Waals surface area (Å²) in [6, 6.07) is 6.59. The Hall–Kier alpha value is -0.860. The van der Waals surface area contributed by atoms with E-state index in [1.54, 1.807) is 0 Å². The molecule has 0 saturated heterocycles. The first-order chi connectivity index (χ1) is 8.02. The second-order valence-corrected chi connectivity index (χ2v) is 5.01. The van der Waals surface area contributed by atoms with Crippen molar-refractivity contribution >= 4 is 0 Å². The minimum absolute atomic E-state index is 0.257. The monoisotopic (exact) mass is 235 g/mol. The van der Waals surface area contributed by atoms with Crippen LogP contribution in [0.3, 0.4) is 0 Å². The lowest BCUT2D eigenvalue weighted by Crippen LogP contribution is -2.31. The minimum atomic E-state index is -0.257. The summed E-state index contributed by atoms with van der Waals surface area (Å²) < 4.78 is 0. The first-order valence-corrected chi connectivity index (χ1v) is 6.49. The van der Waals surface area contributed by atoms with E-state index in [-0.39, 0.29) is 6.10 Å². The second-order valence-electron chi connectivity index (χ2n) is 5.01. The Morgan fingerprint density at radius 2 is 2.00 bits per heavy atom. The van der Waals surface area contributed by atoms with Gasteiger partial charge in [0.25, 0.3) is 0 Å². The largest absolute Gasteiger partial charge is 0.392 e. The van der Waals surface area contributed by atoms with Gasteiger partial charge in [0.15, 0.2) is 0 Å². The zero-order chi connectivity index (χ0) is 12.8. The van der Waals surface area contributed by atoms with Crippen LogP contribution in [0.2, 0.25) is 0 Å². The zero-order valence-electron chi connectivity index (χ0n) is 11.5. The molecule has 0 aliphatic heterocycles. The average Bonchev–Trinajstić information content (AvgIpc) is 2.21. The van der Waals surface area contributed by atoms with Gasteiger partial charge in [0, 0.05) is 13.1 Å². The van der Waals surface area contributed by atoms with Crippen LogP contribution in [0.15, 0.2) is 18.2 Å². The normalized spacial score (nSPS) is 13.1. The molecule has 0 bridgehead atoms. The van der Waals surface area contributed by atoms with Gasteiger partial charge in [0.1, 0.15) is 0 Å². The SMILES string of the molecule is CCCN(Cc1ccc(C)cc1C)CC(C)O. The van der Waals surface area contributed by atoms with E-state index in [1.807, 2.05) is 6.92 Å². The van der Waals surface area contributed by atoms with E-state index in [1.165, 1.54) is 16.7 Å². The third-order valence-electron chi connectivity index (χ3n) is 2.95. The van der Waals surface area contributed by atoms with E-state index in [0.717, 1.165) is 26.1 Å². The summed E-state index contributed by atoms with van der Waals surface area (Å²) in [6.07, 6.45) is 0.866. The van der Waals surface area contributed by atoms with Gasteiger partial charge in [-0.1, -0.05) is 30.7 Å². The Kier molecular flexibility index (Phi) is 5.66. The van der Waals surface area contributed by atoms with Crippen LogP contribution in [-0.4, -0.2) is 29.2 Å². The lowest BCUT2D eigenvalue weighted by atomic mass is 10.1. The fraction of sp³-hybridized carbons (Fsp3) is 0.600. The van der Waals surface area contributed by atoms with Crippen LogP contribution in [0.4, 0.5) is 0 Å². The van der Waals surface area contributed by atoms with Crippen molar-refractivity contribution in [3.63, 3.8) is 0 Å². The van der Waals surface area contributed by atoms with Crippen molar-refractivity contribution in [1.82, 2.24) is 4.90 Å². The summed E-state index contributed by atoms with van der Waals surface area (Å²) in [6.45, 7) is 11.0. The molecule has 2 heteroatoms. The van der Waals surface area contributed by atoms with E-state index in [4.69, 9.17) is 0 Å². The highest BCUT2D eigenvalue weighted by atomic mass is 16.3. The van der Waals surface area contributed by atoms with Crippen LogP contribution in [0, 0.1) is 13.8 Å². The predicted octanol–water partition coefficient (Wildman–Crippen LogP) is 2.90. The molecular weight excluding hydrogens is 210 g/mol. The van der Waals surface area contributed by atoms with E-state index >= 15 is 0 Å². The van der Waals surface area contributed by atoms with Crippen LogP contribution in [0.5, 0.6) is 0 Å². The number of rotatable bonds is 6. The van der Waals surface area contributed by atoms with Crippen molar-refractivity contribution in [2.24, 2.45) is 0 Å². The average molecular weight is 235 g/mol. The van der Waals surface area contributed by atoms with Gasteiger partial charge in [-0.15, -0.1) is 0 Å². The van der Waals surface area contributed by atoms with Crippen LogP contribution in [-0.2, 0) is 6.54 Å². The molecule has 1 N–H and O–H groups in total. The molecule has 0 saturated carbocycles. The molecule has 0 aliphatic rings. The molecule has 1 aromatic carbocycles. The summed E-state index contributed by atoms with van der Waals surface area (Å²) in [5.74, 6) is 0. The maximum Gasteiger partial charge on any atom is 0.0639 e. The molecular formula is C15H25NO.